The predicted octanol–water partition coefficient (Wildman–Crippen LogP) is 5.66. The summed E-state index contributed by atoms with van der Waals surface area (Å²) >= 11 is 17.7. The third-order valence-corrected chi connectivity index (χ3v) is 6.18. The molecule has 1 saturated heterocycles. The van der Waals surface area contributed by atoms with Gasteiger partial charge in [0.15, 0.2) is 4.77 Å². The third kappa shape index (κ3) is 5.01. The van der Waals surface area contributed by atoms with Crippen LogP contribution in [-0.2, 0) is 21.8 Å². The highest BCUT2D eigenvalue weighted by atomic mass is 35.5. The molecule has 174 valence electrons. The molecule has 0 spiro atoms. The Bertz CT molecular complexity index is 1330. The number of nitrogens with one attached hydrogen (secondary N) is 1. The van der Waals surface area contributed by atoms with Crippen LogP contribution in [0.4, 0.5) is 0 Å². The van der Waals surface area contributed by atoms with E-state index in [0.29, 0.717) is 40.1 Å². The average molecular weight is 515 g/mol. The number of H-pyrrole nitrogens is 1. The lowest BCUT2D eigenvalue weighted by atomic mass is 10.1. The summed E-state index contributed by atoms with van der Waals surface area (Å²) in [6.45, 7) is 1.04. The Hall–Kier alpha value is -2.75. The van der Waals surface area contributed by atoms with Crippen molar-refractivity contribution in [2.75, 3.05) is 13.2 Å². The minimum Gasteiger partial charge on any atom is -0.491 e. The fourth-order valence-corrected chi connectivity index (χ4v) is 4.56. The van der Waals surface area contributed by atoms with Gasteiger partial charge in [0.05, 0.1) is 24.5 Å². The van der Waals surface area contributed by atoms with Gasteiger partial charge in [0, 0.05) is 34.9 Å². The summed E-state index contributed by atoms with van der Waals surface area (Å²) in [5.41, 5.74) is 2.58. The summed E-state index contributed by atoms with van der Waals surface area (Å²) in [7, 11) is 0. The van der Waals surface area contributed by atoms with Gasteiger partial charge in [0.1, 0.15) is 18.5 Å². The van der Waals surface area contributed by atoms with Gasteiger partial charge in [-0.1, -0.05) is 29.3 Å². The van der Waals surface area contributed by atoms with Gasteiger partial charge in [-0.05, 0) is 60.2 Å². The number of ether oxygens (including phenoxy) is 3. The van der Waals surface area contributed by atoms with Crippen LogP contribution >= 0.6 is 35.4 Å². The van der Waals surface area contributed by atoms with Gasteiger partial charge in [-0.25, -0.2) is 9.97 Å². The van der Waals surface area contributed by atoms with Crippen molar-refractivity contribution in [2.45, 2.75) is 18.4 Å². The maximum Gasteiger partial charge on any atom is 0.215 e. The smallest absolute Gasteiger partial charge is 0.215 e. The molecule has 0 aliphatic carbocycles. The van der Waals surface area contributed by atoms with Gasteiger partial charge in [0.2, 0.25) is 5.79 Å². The minimum absolute atomic E-state index is 0.300. The van der Waals surface area contributed by atoms with Crippen LogP contribution in [0.5, 0.6) is 5.75 Å². The maximum atomic E-state index is 6.52. The molecule has 34 heavy (non-hydrogen) atoms. The Balaban J connectivity index is 1.29. The number of rotatable bonds is 7. The summed E-state index contributed by atoms with van der Waals surface area (Å²) < 4.78 is 20.9. The topological polar surface area (TPSA) is 74.2 Å². The van der Waals surface area contributed by atoms with E-state index in [9.17, 15) is 0 Å². The van der Waals surface area contributed by atoms with Crippen LogP contribution in [0.15, 0.2) is 73.4 Å². The van der Waals surface area contributed by atoms with Gasteiger partial charge in [-0.3, -0.25) is 0 Å². The molecule has 2 unspecified atom stereocenters. The first kappa shape index (κ1) is 23.0. The van der Waals surface area contributed by atoms with Crippen molar-refractivity contribution in [2.24, 2.45) is 0 Å². The van der Waals surface area contributed by atoms with Gasteiger partial charge < -0.3 is 23.8 Å². The standard InChI is InChI=1S/C24H20Cl2N4O3S/c25-17-3-6-20(21(26)11-17)24(14-30-10-9-27-15-30)32-13-19(33-24)12-31-18-4-1-16(2-5-18)22-7-8-28-23(34)29-22/h1-11,15,19H,12-14H2,(H,28,29,34). The first-order valence-corrected chi connectivity index (χ1v) is 11.7. The van der Waals surface area contributed by atoms with Crippen LogP contribution in [-0.4, -0.2) is 38.8 Å². The molecule has 2 aromatic heterocycles. The molecule has 1 fully saturated rings. The summed E-state index contributed by atoms with van der Waals surface area (Å²) in [4.78, 5) is 11.2. The van der Waals surface area contributed by atoms with Crippen molar-refractivity contribution in [3.63, 3.8) is 0 Å². The van der Waals surface area contributed by atoms with E-state index in [0.717, 1.165) is 17.0 Å². The summed E-state index contributed by atoms with van der Waals surface area (Å²) in [6.07, 6.45) is 6.64. The van der Waals surface area contributed by atoms with Gasteiger partial charge in [-0.15, -0.1) is 0 Å². The number of nitrogens with zero attached hydrogens (tertiary/aromatic N) is 3. The van der Waals surface area contributed by atoms with Crippen molar-refractivity contribution < 1.29 is 14.2 Å². The number of hydrogen-bond donors (Lipinski definition) is 1. The quantitative estimate of drug-likeness (QED) is 0.321. The van der Waals surface area contributed by atoms with E-state index in [1.807, 2.05) is 47.2 Å². The second kappa shape index (κ2) is 9.85. The lowest BCUT2D eigenvalue weighted by Gasteiger charge is -2.30. The highest BCUT2D eigenvalue weighted by Gasteiger charge is 2.45. The molecule has 2 atom stereocenters. The largest absolute Gasteiger partial charge is 0.491 e. The molecule has 0 bridgehead atoms. The molecule has 0 amide bonds. The van der Waals surface area contributed by atoms with Crippen LogP contribution in [0, 0.1) is 4.77 Å². The molecule has 7 nitrogen and oxygen atoms in total. The summed E-state index contributed by atoms with van der Waals surface area (Å²) in [6, 6.07) is 14.9. The van der Waals surface area contributed by atoms with E-state index in [1.54, 1.807) is 30.9 Å². The average Bonchev–Trinajstić information content (AvgIpc) is 3.49. The summed E-state index contributed by atoms with van der Waals surface area (Å²) in [5, 5.41) is 1.01. The Labute approximate surface area is 211 Å². The third-order valence-electron chi connectivity index (χ3n) is 5.43. The van der Waals surface area contributed by atoms with Crippen molar-refractivity contribution in [1.29, 1.82) is 0 Å². The first-order valence-electron chi connectivity index (χ1n) is 10.5. The molecule has 1 N–H and O–H groups in total. The van der Waals surface area contributed by atoms with Gasteiger partial charge >= 0.3 is 0 Å². The lowest BCUT2D eigenvalue weighted by Crippen LogP contribution is -2.34. The molecule has 3 heterocycles. The molecular weight excluding hydrogens is 495 g/mol. The number of aromatic nitrogens is 4. The van der Waals surface area contributed by atoms with E-state index >= 15 is 0 Å². The summed E-state index contributed by atoms with van der Waals surface area (Å²) in [5.74, 6) is -0.365. The van der Waals surface area contributed by atoms with Crippen molar-refractivity contribution in [1.82, 2.24) is 19.5 Å². The second-order valence-electron chi connectivity index (χ2n) is 7.79. The van der Waals surface area contributed by atoms with E-state index in [-0.39, 0.29) is 6.10 Å². The van der Waals surface area contributed by atoms with Crippen LogP contribution in [0.2, 0.25) is 10.0 Å². The zero-order chi connectivity index (χ0) is 23.5. The monoisotopic (exact) mass is 514 g/mol. The molecule has 4 aromatic rings. The van der Waals surface area contributed by atoms with Crippen molar-refractivity contribution in [3.05, 3.63) is 93.8 Å². The molecule has 0 saturated carbocycles. The second-order valence-corrected chi connectivity index (χ2v) is 9.02. The number of aromatic amines is 1. The van der Waals surface area contributed by atoms with Crippen LogP contribution in [0.25, 0.3) is 11.3 Å². The zero-order valence-corrected chi connectivity index (χ0v) is 20.2. The van der Waals surface area contributed by atoms with Crippen LogP contribution < -0.4 is 4.74 Å². The Morgan fingerprint density at radius 1 is 1.15 bits per heavy atom. The highest BCUT2D eigenvalue weighted by molar-refractivity contribution is 7.71. The maximum absolute atomic E-state index is 6.52. The van der Waals surface area contributed by atoms with Gasteiger partial charge in [-0.2, -0.15) is 0 Å². The number of imidazole rings is 1. The van der Waals surface area contributed by atoms with Crippen molar-refractivity contribution in [3.8, 4) is 17.0 Å². The molecule has 2 aromatic carbocycles. The molecule has 5 rings (SSSR count). The Morgan fingerprint density at radius 2 is 2.00 bits per heavy atom. The van der Waals surface area contributed by atoms with Crippen LogP contribution in [0.1, 0.15) is 5.56 Å². The number of halogens is 2. The Kier molecular flexibility index (Phi) is 6.67. The van der Waals surface area contributed by atoms with Crippen LogP contribution in [0.3, 0.4) is 0 Å². The SMILES string of the molecule is S=c1nccc(-c2ccc(OCC3COC(Cn4ccnc4)(c4ccc(Cl)cc4Cl)O3)cc2)[nH]1. The van der Waals surface area contributed by atoms with E-state index in [4.69, 9.17) is 49.6 Å². The Morgan fingerprint density at radius 3 is 2.74 bits per heavy atom. The van der Waals surface area contributed by atoms with E-state index in [2.05, 4.69) is 15.0 Å². The molecular formula is C24H20Cl2N4O3S. The minimum atomic E-state index is -1.08. The molecule has 0 radical (unpaired) electrons. The lowest BCUT2D eigenvalue weighted by molar-refractivity contribution is -0.189. The number of benzene rings is 2. The fourth-order valence-electron chi connectivity index (χ4n) is 3.83. The van der Waals surface area contributed by atoms with E-state index < -0.39 is 5.79 Å². The highest BCUT2D eigenvalue weighted by Crippen LogP contribution is 2.40. The first-order chi connectivity index (χ1) is 16.5. The number of hydrogen-bond acceptors (Lipinski definition) is 6. The van der Waals surface area contributed by atoms with E-state index in [1.165, 1.54) is 0 Å². The molecule has 10 heteroatoms. The normalized spacial score (nSPS) is 19.9. The predicted molar refractivity (Wildman–Crippen MR) is 132 cm³/mol. The molecule has 1 aliphatic heterocycles. The zero-order valence-electron chi connectivity index (χ0n) is 17.9. The van der Waals surface area contributed by atoms with Crippen molar-refractivity contribution >= 4 is 35.4 Å². The fraction of sp³-hybridized carbons (Fsp3) is 0.208. The molecule has 1 aliphatic rings. The van der Waals surface area contributed by atoms with Gasteiger partial charge in [0.25, 0.3) is 0 Å².